The maximum atomic E-state index is 12.9. The van der Waals surface area contributed by atoms with Crippen LogP contribution >= 0.6 is 0 Å². The lowest BCUT2D eigenvalue weighted by Crippen LogP contribution is -2.40. The number of halogens is 5. The van der Waals surface area contributed by atoms with Gasteiger partial charge in [-0.25, -0.2) is 13.4 Å². The SMILES string of the molecule is O=C(OCc1nccn1C(F)F)C1CCN(S(=O)(=O)c2cccc(C(F)(F)F)c2)CC1. The van der Waals surface area contributed by atoms with Crippen molar-refractivity contribution in [2.45, 2.75) is 37.1 Å². The second-order valence-electron chi connectivity index (χ2n) is 6.84. The topological polar surface area (TPSA) is 81.5 Å². The van der Waals surface area contributed by atoms with Crippen molar-refractivity contribution in [3.8, 4) is 0 Å². The van der Waals surface area contributed by atoms with Crippen molar-refractivity contribution in [1.29, 1.82) is 0 Å². The molecule has 0 spiro atoms. The second kappa shape index (κ2) is 8.91. The molecular formula is C18H18F5N3O4S. The standard InChI is InChI=1S/C18H18F5N3O4S/c19-17(20)26-9-6-24-15(26)11-30-16(27)12-4-7-25(8-5-12)31(28,29)14-3-1-2-13(10-14)18(21,22)23/h1-3,6,9-10,12,17H,4-5,7-8,11H2. The fraction of sp³-hybridized carbons (Fsp3) is 0.444. The first-order chi connectivity index (χ1) is 14.5. The van der Waals surface area contributed by atoms with Crippen molar-refractivity contribution in [1.82, 2.24) is 13.9 Å². The van der Waals surface area contributed by atoms with Crippen LogP contribution in [0.25, 0.3) is 0 Å². The number of ether oxygens (including phenoxy) is 1. The lowest BCUT2D eigenvalue weighted by molar-refractivity contribution is -0.151. The van der Waals surface area contributed by atoms with Crippen molar-refractivity contribution in [2.75, 3.05) is 13.1 Å². The molecule has 2 heterocycles. The van der Waals surface area contributed by atoms with Crippen LogP contribution in [-0.4, -0.2) is 41.3 Å². The molecule has 3 rings (SSSR count). The summed E-state index contributed by atoms with van der Waals surface area (Å²) in [7, 11) is -4.17. The smallest absolute Gasteiger partial charge is 0.416 e. The Morgan fingerprint density at radius 3 is 2.52 bits per heavy atom. The molecule has 0 amide bonds. The zero-order chi connectivity index (χ0) is 22.8. The Morgan fingerprint density at radius 2 is 1.90 bits per heavy atom. The summed E-state index contributed by atoms with van der Waals surface area (Å²) in [6, 6.07) is 3.44. The number of aromatic nitrogens is 2. The van der Waals surface area contributed by atoms with E-state index in [2.05, 4.69) is 4.98 Å². The van der Waals surface area contributed by atoms with Crippen LogP contribution < -0.4 is 0 Å². The summed E-state index contributed by atoms with van der Waals surface area (Å²) in [4.78, 5) is 15.4. The minimum absolute atomic E-state index is 0.0836. The van der Waals surface area contributed by atoms with Crippen molar-refractivity contribution in [2.24, 2.45) is 5.92 Å². The number of imidazole rings is 1. The largest absolute Gasteiger partial charge is 0.457 e. The number of esters is 1. The van der Waals surface area contributed by atoms with E-state index in [9.17, 15) is 35.2 Å². The lowest BCUT2D eigenvalue weighted by atomic mass is 9.98. The Morgan fingerprint density at radius 1 is 1.23 bits per heavy atom. The summed E-state index contributed by atoms with van der Waals surface area (Å²) >= 11 is 0. The van der Waals surface area contributed by atoms with Crippen LogP contribution in [-0.2, 0) is 32.3 Å². The Hall–Kier alpha value is -2.54. The normalized spacial score (nSPS) is 16.6. The molecular weight excluding hydrogens is 449 g/mol. The molecule has 31 heavy (non-hydrogen) atoms. The molecule has 0 aliphatic carbocycles. The molecule has 2 aromatic rings. The van der Waals surface area contributed by atoms with E-state index in [4.69, 9.17) is 4.74 Å². The van der Waals surface area contributed by atoms with E-state index in [1.54, 1.807) is 0 Å². The molecule has 1 fully saturated rings. The molecule has 0 radical (unpaired) electrons. The van der Waals surface area contributed by atoms with Crippen LogP contribution in [0.4, 0.5) is 22.0 Å². The van der Waals surface area contributed by atoms with E-state index >= 15 is 0 Å². The average molecular weight is 467 g/mol. The molecule has 0 unspecified atom stereocenters. The number of sulfonamides is 1. The van der Waals surface area contributed by atoms with E-state index in [1.165, 1.54) is 0 Å². The molecule has 1 aromatic carbocycles. The Balaban J connectivity index is 1.60. The molecule has 0 saturated carbocycles. The minimum atomic E-state index is -4.68. The van der Waals surface area contributed by atoms with Gasteiger partial charge in [-0.15, -0.1) is 0 Å². The molecule has 13 heteroatoms. The molecule has 0 atom stereocenters. The van der Waals surface area contributed by atoms with Crippen LogP contribution in [0.1, 0.15) is 30.8 Å². The summed E-state index contributed by atoms with van der Waals surface area (Å²) < 4.78 is 96.2. The highest BCUT2D eigenvalue weighted by Crippen LogP contribution is 2.32. The number of nitrogens with zero attached hydrogens (tertiary/aromatic N) is 3. The van der Waals surface area contributed by atoms with Crippen LogP contribution in [0.5, 0.6) is 0 Å². The fourth-order valence-electron chi connectivity index (χ4n) is 3.20. The fourth-order valence-corrected chi connectivity index (χ4v) is 4.72. The van der Waals surface area contributed by atoms with Crippen molar-refractivity contribution in [3.63, 3.8) is 0 Å². The zero-order valence-electron chi connectivity index (χ0n) is 15.9. The first-order valence-corrected chi connectivity index (χ1v) is 10.6. The van der Waals surface area contributed by atoms with Gasteiger partial charge in [-0.3, -0.25) is 9.36 Å². The molecule has 1 aliphatic heterocycles. The third kappa shape index (κ3) is 5.21. The monoisotopic (exact) mass is 467 g/mol. The molecule has 170 valence electrons. The van der Waals surface area contributed by atoms with Gasteiger partial charge in [-0.2, -0.15) is 26.3 Å². The van der Waals surface area contributed by atoms with Crippen LogP contribution in [0, 0.1) is 5.92 Å². The summed E-state index contributed by atoms with van der Waals surface area (Å²) in [6.45, 7) is -3.48. The molecule has 1 saturated heterocycles. The second-order valence-corrected chi connectivity index (χ2v) is 8.78. The van der Waals surface area contributed by atoms with Gasteiger partial charge in [0.2, 0.25) is 10.0 Å². The van der Waals surface area contributed by atoms with Gasteiger partial charge in [0.25, 0.3) is 0 Å². The van der Waals surface area contributed by atoms with Gasteiger partial charge >= 0.3 is 18.7 Å². The maximum absolute atomic E-state index is 12.9. The highest BCUT2D eigenvalue weighted by Gasteiger charge is 2.35. The van der Waals surface area contributed by atoms with Gasteiger partial charge in [0.1, 0.15) is 6.61 Å². The number of piperidine rings is 1. The highest BCUT2D eigenvalue weighted by molar-refractivity contribution is 7.89. The molecule has 0 N–H and O–H groups in total. The number of rotatable bonds is 6. The van der Waals surface area contributed by atoms with Crippen molar-refractivity contribution < 1.29 is 39.9 Å². The number of benzene rings is 1. The number of alkyl halides is 5. The predicted octanol–water partition coefficient (Wildman–Crippen LogP) is 3.44. The molecule has 0 bridgehead atoms. The van der Waals surface area contributed by atoms with E-state index in [-0.39, 0.29) is 31.8 Å². The Labute approximate surface area is 174 Å². The van der Waals surface area contributed by atoms with E-state index in [0.29, 0.717) is 10.6 Å². The molecule has 1 aromatic heterocycles. The van der Waals surface area contributed by atoms with Gasteiger partial charge < -0.3 is 4.74 Å². The first-order valence-electron chi connectivity index (χ1n) is 9.14. The quantitative estimate of drug-likeness (QED) is 0.480. The number of hydrogen-bond acceptors (Lipinski definition) is 5. The Bertz CT molecular complexity index is 1030. The molecule has 7 nitrogen and oxygen atoms in total. The van der Waals surface area contributed by atoms with Gasteiger partial charge in [0.05, 0.1) is 16.4 Å². The van der Waals surface area contributed by atoms with Crippen LogP contribution in [0.3, 0.4) is 0 Å². The van der Waals surface area contributed by atoms with Crippen molar-refractivity contribution in [3.05, 3.63) is 48.0 Å². The van der Waals surface area contributed by atoms with Crippen LogP contribution in [0.2, 0.25) is 0 Å². The van der Waals surface area contributed by atoms with Crippen molar-refractivity contribution >= 4 is 16.0 Å². The van der Waals surface area contributed by atoms with E-state index in [1.807, 2.05) is 0 Å². The number of carbonyl (C=O) groups is 1. The molecule has 1 aliphatic rings. The minimum Gasteiger partial charge on any atom is -0.457 e. The van der Waals surface area contributed by atoms with Gasteiger partial charge in [0, 0.05) is 25.5 Å². The van der Waals surface area contributed by atoms with Gasteiger partial charge in [-0.1, -0.05) is 6.07 Å². The summed E-state index contributed by atoms with van der Waals surface area (Å²) in [6.07, 6.45) is -2.32. The average Bonchev–Trinajstić information content (AvgIpc) is 3.20. The van der Waals surface area contributed by atoms with E-state index < -0.39 is 51.7 Å². The highest BCUT2D eigenvalue weighted by atomic mass is 32.2. The summed E-state index contributed by atoms with van der Waals surface area (Å²) in [5.41, 5.74) is -1.07. The third-order valence-corrected chi connectivity index (χ3v) is 6.78. The zero-order valence-corrected chi connectivity index (χ0v) is 16.7. The van der Waals surface area contributed by atoms with Crippen LogP contribution in [0.15, 0.2) is 41.6 Å². The number of carbonyl (C=O) groups excluding carboxylic acids is 1. The summed E-state index contributed by atoms with van der Waals surface area (Å²) in [5, 5.41) is 0. The lowest BCUT2D eigenvalue weighted by Gasteiger charge is -2.30. The van der Waals surface area contributed by atoms with Gasteiger partial charge in [-0.05, 0) is 31.0 Å². The first kappa shape index (κ1) is 23.1. The van der Waals surface area contributed by atoms with E-state index in [0.717, 1.165) is 34.9 Å². The third-order valence-electron chi connectivity index (χ3n) is 4.89. The Kier molecular flexibility index (Phi) is 6.65. The van der Waals surface area contributed by atoms with Gasteiger partial charge in [0.15, 0.2) is 5.82 Å². The summed E-state index contributed by atoms with van der Waals surface area (Å²) in [5.74, 6) is -1.48. The maximum Gasteiger partial charge on any atom is 0.416 e. The predicted molar refractivity (Wildman–Crippen MR) is 96.2 cm³/mol. The number of hydrogen-bond donors (Lipinski definition) is 0.